The average molecular weight is 369 g/mol. The van der Waals surface area contributed by atoms with Crippen molar-refractivity contribution in [2.75, 3.05) is 13.7 Å². The van der Waals surface area contributed by atoms with Crippen molar-refractivity contribution in [2.45, 2.75) is 20.1 Å². The van der Waals surface area contributed by atoms with E-state index in [0.29, 0.717) is 11.3 Å². The first-order chi connectivity index (χ1) is 12.4. The molecule has 1 N–H and O–H groups in total. The summed E-state index contributed by atoms with van der Waals surface area (Å²) in [6.07, 6.45) is 1.35. The molecule has 140 valence electrons. The SMILES string of the molecule is COc1cc(CNC(=O)COC(=O)c2ccoc2C)ccc1OC(F)F. The minimum absolute atomic E-state index is 0.0897. The van der Waals surface area contributed by atoms with Gasteiger partial charge in [-0.2, -0.15) is 8.78 Å². The van der Waals surface area contributed by atoms with Crippen LogP contribution in [0.15, 0.2) is 34.9 Å². The summed E-state index contributed by atoms with van der Waals surface area (Å²) in [4.78, 5) is 23.5. The number of halogens is 2. The number of amides is 1. The lowest BCUT2D eigenvalue weighted by Gasteiger charge is -2.12. The van der Waals surface area contributed by atoms with Crippen LogP contribution in [0.4, 0.5) is 8.78 Å². The molecule has 0 aliphatic rings. The second-order valence-electron chi connectivity index (χ2n) is 5.11. The van der Waals surface area contributed by atoms with Crippen LogP contribution in [0.25, 0.3) is 0 Å². The number of nitrogens with one attached hydrogen (secondary N) is 1. The summed E-state index contributed by atoms with van der Waals surface area (Å²) in [5.74, 6) is -0.789. The molecule has 0 unspecified atom stereocenters. The number of hydrogen-bond acceptors (Lipinski definition) is 6. The first-order valence-corrected chi connectivity index (χ1v) is 7.50. The maximum absolute atomic E-state index is 12.3. The number of methoxy groups -OCH3 is 1. The quantitative estimate of drug-likeness (QED) is 0.720. The van der Waals surface area contributed by atoms with Crippen LogP contribution in [-0.2, 0) is 16.1 Å². The number of hydrogen-bond donors (Lipinski definition) is 1. The van der Waals surface area contributed by atoms with Crippen molar-refractivity contribution in [3.05, 3.63) is 47.4 Å². The molecule has 0 spiro atoms. The number of furan rings is 1. The molecule has 9 heteroatoms. The minimum atomic E-state index is -2.97. The largest absolute Gasteiger partial charge is 0.493 e. The van der Waals surface area contributed by atoms with Gasteiger partial charge >= 0.3 is 12.6 Å². The van der Waals surface area contributed by atoms with Gasteiger partial charge < -0.3 is 23.9 Å². The van der Waals surface area contributed by atoms with E-state index in [1.807, 2.05) is 0 Å². The molecule has 0 aliphatic carbocycles. The van der Waals surface area contributed by atoms with Crippen molar-refractivity contribution in [3.8, 4) is 11.5 Å². The van der Waals surface area contributed by atoms with Gasteiger partial charge in [0.15, 0.2) is 18.1 Å². The molecule has 2 rings (SSSR count). The Morgan fingerprint density at radius 3 is 2.62 bits per heavy atom. The Morgan fingerprint density at radius 1 is 1.23 bits per heavy atom. The van der Waals surface area contributed by atoms with E-state index in [2.05, 4.69) is 10.1 Å². The highest BCUT2D eigenvalue weighted by Gasteiger charge is 2.15. The van der Waals surface area contributed by atoms with Crippen LogP contribution < -0.4 is 14.8 Å². The number of aryl methyl sites for hydroxylation is 1. The van der Waals surface area contributed by atoms with Gasteiger partial charge in [0.25, 0.3) is 5.91 Å². The van der Waals surface area contributed by atoms with Crippen molar-refractivity contribution in [1.82, 2.24) is 5.32 Å². The standard InChI is InChI=1S/C17H17F2NO6/c1-10-12(5-6-24-10)16(22)25-9-15(21)20-8-11-3-4-13(26-17(18)19)14(7-11)23-2/h3-7,17H,8-9H2,1-2H3,(H,20,21). The molecule has 0 atom stereocenters. The van der Waals surface area contributed by atoms with E-state index < -0.39 is 25.1 Å². The third-order valence-corrected chi connectivity index (χ3v) is 3.35. The molecule has 7 nitrogen and oxygen atoms in total. The third kappa shape index (κ3) is 5.20. The van der Waals surface area contributed by atoms with Crippen LogP contribution in [-0.4, -0.2) is 32.2 Å². The van der Waals surface area contributed by atoms with Crippen LogP contribution >= 0.6 is 0 Å². The van der Waals surface area contributed by atoms with E-state index in [4.69, 9.17) is 13.9 Å². The fraction of sp³-hybridized carbons (Fsp3) is 0.294. The zero-order valence-electron chi connectivity index (χ0n) is 14.1. The molecular weight excluding hydrogens is 352 g/mol. The zero-order valence-corrected chi connectivity index (χ0v) is 14.1. The first-order valence-electron chi connectivity index (χ1n) is 7.50. The number of carbonyl (C=O) groups excluding carboxylic acids is 2. The lowest BCUT2D eigenvalue weighted by molar-refractivity contribution is -0.124. The summed E-state index contributed by atoms with van der Waals surface area (Å²) in [7, 11) is 1.31. The van der Waals surface area contributed by atoms with Crippen molar-refractivity contribution in [3.63, 3.8) is 0 Å². The van der Waals surface area contributed by atoms with E-state index >= 15 is 0 Å². The Bertz CT molecular complexity index is 774. The monoisotopic (exact) mass is 369 g/mol. The van der Waals surface area contributed by atoms with E-state index in [1.54, 1.807) is 6.92 Å². The van der Waals surface area contributed by atoms with Crippen molar-refractivity contribution >= 4 is 11.9 Å². The number of benzene rings is 1. The molecule has 1 heterocycles. The maximum atomic E-state index is 12.3. The van der Waals surface area contributed by atoms with E-state index in [0.717, 1.165) is 0 Å². The third-order valence-electron chi connectivity index (χ3n) is 3.35. The van der Waals surface area contributed by atoms with Crippen LogP contribution in [0.5, 0.6) is 11.5 Å². The smallest absolute Gasteiger partial charge is 0.387 e. The molecular formula is C17H17F2NO6. The predicted molar refractivity (Wildman–Crippen MR) is 85.2 cm³/mol. The highest BCUT2D eigenvalue weighted by atomic mass is 19.3. The molecule has 1 amide bonds. The molecule has 0 fully saturated rings. The van der Waals surface area contributed by atoms with Crippen LogP contribution in [0.3, 0.4) is 0 Å². The molecule has 0 aliphatic heterocycles. The molecule has 1 aromatic heterocycles. The van der Waals surface area contributed by atoms with Gasteiger partial charge in [0, 0.05) is 6.54 Å². The highest BCUT2D eigenvalue weighted by Crippen LogP contribution is 2.29. The van der Waals surface area contributed by atoms with Crippen LogP contribution in [0.2, 0.25) is 0 Å². The van der Waals surface area contributed by atoms with Crippen molar-refractivity contribution < 1.29 is 37.0 Å². The fourth-order valence-corrected chi connectivity index (χ4v) is 2.07. The Balaban J connectivity index is 1.85. The molecule has 0 radical (unpaired) electrons. The fourth-order valence-electron chi connectivity index (χ4n) is 2.07. The van der Waals surface area contributed by atoms with Gasteiger partial charge in [-0.25, -0.2) is 4.79 Å². The number of rotatable bonds is 8. The van der Waals surface area contributed by atoms with Crippen molar-refractivity contribution in [2.24, 2.45) is 0 Å². The van der Waals surface area contributed by atoms with Gasteiger partial charge in [-0.3, -0.25) is 4.79 Å². The summed E-state index contributed by atoms with van der Waals surface area (Å²) in [6, 6.07) is 5.72. The van der Waals surface area contributed by atoms with Gasteiger partial charge in [0.05, 0.1) is 13.4 Å². The van der Waals surface area contributed by atoms with Gasteiger partial charge in [0.2, 0.25) is 0 Å². The van der Waals surface area contributed by atoms with E-state index in [1.165, 1.54) is 37.6 Å². The number of alkyl halides is 2. The average Bonchev–Trinajstić information content (AvgIpc) is 3.04. The van der Waals surface area contributed by atoms with E-state index in [9.17, 15) is 18.4 Å². The molecule has 0 saturated carbocycles. The minimum Gasteiger partial charge on any atom is -0.493 e. The van der Waals surface area contributed by atoms with E-state index in [-0.39, 0.29) is 23.6 Å². The maximum Gasteiger partial charge on any atom is 0.387 e. The Hall–Kier alpha value is -3.10. The van der Waals surface area contributed by atoms with Gasteiger partial charge in [-0.1, -0.05) is 6.07 Å². The second-order valence-corrected chi connectivity index (χ2v) is 5.11. The van der Waals surface area contributed by atoms with Gasteiger partial charge in [-0.15, -0.1) is 0 Å². The number of ether oxygens (including phenoxy) is 3. The summed E-state index contributed by atoms with van der Waals surface area (Å²) in [6.45, 7) is -1.74. The molecule has 1 aromatic carbocycles. The van der Waals surface area contributed by atoms with Crippen molar-refractivity contribution in [1.29, 1.82) is 0 Å². The van der Waals surface area contributed by atoms with Crippen LogP contribution in [0, 0.1) is 6.92 Å². The Kier molecular flexibility index (Phi) is 6.54. The summed E-state index contributed by atoms with van der Waals surface area (Å²) in [5.41, 5.74) is 0.839. The Morgan fingerprint density at radius 2 is 2.00 bits per heavy atom. The molecule has 0 saturated heterocycles. The van der Waals surface area contributed by atoms with Crippen LogP contribution in [0.1, 0.15) is 21.7 Å². The topological polar surface area (TPSA) is 87.0 Å². The zero-order chi connectivity index (χ0) is 19.1. The first kappa shape index (κ1) is 19.2. The number of esters is 1. The normalized spacial score (nSPS) is 10.5. The van der Waals surface area contributed by atoms with Gasteiger partial charge in [0.1, 0.15) is 11.3 Å². The Labute approximate surface area is 147 Å². The second kappa shape index (κ2) is 8.84. The lowest BCUT2D eigenvalue weighted by Crippen LogP contribution is -2.28. The molecule has 26 heavy (non-hydrogen) atoms. The summed E-state index contributed by atoms with van der Waals surface area (Å²) < 4.78 is 43.7. The van der Waals surface area contributed by atoms with Gasteiger partial charge in [-0.05, 0) is 30.7 Å². The predicted octanol–water partition coefficient (Wildman–Crippen LogP) is 2.67. The summed E-state index contributed by atoms with van der Waals surface area (Å²) >= 11 is 0. The molecule has 0 bridgehead atoms. The summed E-state index contributed by atoms with van der Waals surface area (Å²) in [5, 5.41) is 2.54. The molecule has 2 aromatic rings. The highest BCUT2D eigenvalue weighted by molar-refractivity contribution is 5.92. The number of carbonyl (C=O) groups is 2. The lowest BCUT2D eigenvalue weighted by atomic mass is 10.2.